The Kier molecular flexibility index (Phi) is 26.2. The fourth-order valence-electron chi connectivity index (χ4n) is 16.4. The van der Waals surface area contributed by atoms with E-state index in [0.717, 1.165) is 168 Å². The summed E-state index contributed by atoms with van der Waals surface area (Å²) >= 11 is 30.5. The first-order valence-electron chi connectivity index (χ1n) is 43.0. The molecule has 27 nitrogen and oxygen atoms in total. The monoisotopic (exact) mass is 1820 g/mol. The molecule has 0 radical (unpaired) electrons. The van der Waals surface area contributed by atoms with E-state index in [1.807, 2.05) is 42.7 Å². The molecule has 5 fully saturated rings. The number of fused-ring (bicyclic) bond motifs is 5. The van der Waals surface area contributed by atoms with Crippen LogP contribution in [-0.4, -0.2) is 178 Å². The fourth-order valence-corrected chi connectivity index (χ4v) is 17.5. The number of H-pyrrole nitrogens is 5. The van der Waals surface area contributed by atoms with Crippen LogP contribution in [0.15, 0.2) is 122 Å². The number of ether oxygens (including phenoxy) is 1. The summed E-state index contributed by atoms with van der Waals surface area (Å²) in [6.07, 6.45) is 24.4. The van der Waals surface area contributed by atoms with Gasteiger partial charge in [-0.1, -0.05) is 176 Å². The second-order valence-electron chi connectivity index (χ2n) is 36.2. The normalized spacial score (nSPS) is 17.1. The summed E-state index contributed by atoms with van der Waals surface area (Å²) < 4.78 is 47.7. The van der Waals surface area contributed by atoms with Gasteiger partial charge < -0.3 is 29.2 Å². The van der Waals surface area contributed by atoms with Crippen LogP contribution in [0.4, 0.5) is 42.3 Å². The standard InChI is InChI=1S/C20H24ClN5O.C19H21ClFN5.2C18H19ClFN5.C17H19ClN6/c1-4-20(2)8-10-26(11-9-20)15-12-22-18-17(24-25-19(18)23-15)13-6-5-7-14(27-3)16(13)21;1-3-19(2)7-9-26(10-8-19)14-11-22-17-16(24-25-18(17)23-14)12-5-4-6-13(20)15(12)21;1-18(2)6-8-25(9-7-18)13-10-21-16-15(23-24-17(16)22-13)11-4-3-5-12(20)14(11)19;1-18(2)6-8-25(9-7-18)13-10-21-16-15(23-24-17(16)22-13)11-4-3-5-12(19)14(11)20;1-17(2)5-8-24(9-6-17)12-10-20-14-13(22-23-16(14)21-12)11-4-3-7-19-15(11)18/h5-7,12H,4,8-11H2,1-3H3,(H,23,24,25);4-6,11H,3,7-10H2,1-2H3,(H,23,24,25);2*3-5,10H,6-9H2,1-2H3,(H,22,23,24);3-4,7,10H,5-6,8-9H2,1-2H3,(H,21,22,23). The number of hydrogen-bond donors (Lipinski definition) is 5. The third-order valence-electron chi connectivity index (χ3n) is 26.0. The number of piperidine rings is 5. The summed E-state index contributed by atoms with van der Waals surface area (Å²) in [7, 11) is 1.60. The average Bonchev–Trinajstić information content (AvgIpc) is 1.67. The quantitative estimate of drug-likeness (QED) is 0.0670. The van der Waals surface area contributed by atoms with Crippen LogP contribution in [0.25, 0.3) is 112 Å². The van der Waals surface area contributed by atoms with E-state index in [0.29, 0.717) is 133 Å². The molecule has 0 spiro atoms. The molecule has 5 aliphatic rings. The summed E-state index contributed by atoms with van der Waals surface area (Å²) in [5.74, 6) is 3.40. The average molecular weight is 1820 g/mol. The van der Waals surface area contributed by atoms with Crippen LogP contribution in [0.2, 0.25) is 25.2 Å². The van der Waals surface area contributed by atoms with Gasteiger partial charge in [-0.3, -0.25) is 25.5 Å². The molecule has 0 aliphatic carbocycles. The smallest absolute Gasteiger partial charge is 0.202 e. The van der Waals surface area contributed by atoms with Gasteiger partial charge in [0.15, 0.2) is 11.6 Å². The van der Waals surface area contributed by atoms with E-state index in [-0.39, 0.29) is 15.1 Å². The van der Waals surface area contributed by atoms with Crippen molar-refractivity contribution in [2.24, 2.45) is 27.1 Å². The summed E-state index contributed by atoms with van der Waals surface area (Å²) in [6, 6.07) is 23.8. The lowest BCUT2D eigenvalue weighted by Crippen LogP contribution is -2.38. The number of aromatic amines is 5. The molecule has 662 valence electrons. The van der Waals surface area contributed by atoms with E-state index in [1.54, 1.807) is 68.3 Å². The molecule has 0 saturated carbocycles. The highest BCUT2D eigenvalue weighted by molar-refractivity contribution is 6.35. The SMILES string of the molecule is CC1(C)CCN(c2cnc3c(-c4cccc(Cl)c4F)[nH]nc3n2)CC1.CC1(C)CCN(c2cnc3c(-c4cccc(F)c4Cl)[nH]nc3n2)CC1.CC1(C)CCN(c2cnc3c(-c4cccnc4Cl)[nH]nc3n2)CC1.CCC1(C)CCN(c2cnc3c(-c4cccc(Cl)c4F)[nH]nc3n2)CC1.CCC1(C)CCN(c2cnc3c(-c4cccc(OC)c4Cl)[nH]nc3n2)CC1. The maximum atomic E-state index is 14.3. The Morgan fingerprint density at radius 3 is 0.929 bits per heavy atom. The largest absolute Gasteiger partial charge is 0.495 e. The molecule has 5 saturated heterocycles. The van der Waals surface area contributed by atoms with Gasteiger partial charge in [0, 0.05) is 99.5 Å². The summed E-state index contributed by atoms with van der Waals surface area (Å²) in [5.41, 5.74) is 13.7. The number of halogens is 8. The fraction of sp³-hybridized carbons (Fsp3) is 0.413. The number of hydrogen-bond acceptors (Lipinski definition) is 22. The molecular weight excluding hydrogens is 1720 g/mol. The molecule has 127 heavy (non-hydrogen) atoms. The molecule has 20 rings (SSSR count). The summed E-state index contributed by atoms with van der Waals surface area (Å²) in [6.45, 7) is 32.8. The van der Waals surface area contributed by atoms with E-state index in [1.165, 1.54) is 43.9 Å². The van der Waals surface area contributed by atoms with Gasteiger partial charge in [-0.05, 0) is 140 Å². The summed E-state index contributed by atoms with van der Waals surface area (Å²) in [5, 5.41) is 37.2. The van der Waals surface area contributed by atoms with E-state index in [9.17, 15) is 13.2 Å². The molecular formula is C92H102Cl5F3N26O. The zero-order valence-electron chi connectivity index (χ0n) is 72.9. The molecule has 11 aromatic heterocycles. The van der Waals surface area contributed by atoms with Gasteiger partial charge >= 0.3 is 0 Å². The van der Waals surface area contributed by atoms with Gasteiger partial charge in [0.25, 0.3) is 0 Å². The molecule has 0 unspecified atom stereocenters. The first-order chi connectivity index (χ1) is 61.0. The lowest BCUT2D eigenvalue weighted by Gasteiger charge is -2.39. The Morgan fingerprint density at radius 2 is 0.614 bits per heavy atom. The third-order valence-corrected chi connectivity index (χ3v) is 27.7. The highest BCUT2D eigenvalue weighted by atomic mass is 35.5. The molecule has 15 aromatic rings. The molecule has 0 atom stereocenters. The Morgan fingerprint density at radius 1 is 0.339 bits per heavy atom. The van der Waals surface area contributed by atoms with Crippen LogP contribution in [0.1, 0.15) is 146 Å². The van der Waals surface area contributed by atoms with Crippen molar-refractivity contribution in [3.8, 4) is 62.0 Å². The number of nitrogens with zero attached hydrogens (tertiary/aromatic N) is 21. The Labute approximate surface area is 759 Å². The van der Waals surface area contributed by atoms with Crippen LogP contribution in [0.5, 0.6) is 5.75 Å². The van der Waals surface area contributed by atoms with Crippen molar-refractivity contribution >= 4 is 143 Å². The van der Waals surface area contributed by atoms with Crippen molar-refractivity contribution in [1.29, 1.82) is 0 Å². The molecule has 16 heterocycles. The van der Waals surface area contributed by atoms with Crippen LogP contribution in [0.3, 0.4) is 0 Å². The molecule has 35 heteroatoms. The molecule has 0 amide bonds. The lowest BCUT2D eigenvalue weighted by atomic mass is 9.78. The van der Waals surface area contributed by atoms with Crippen molar-refractivity contribution in [1.82, 2.24) is 106 Å². The van der Waals surface area contributed by atoms with Gasteiger partial charge in [0.05, 0.1) is 86.7 Å². The zero-order valence-corrected chi connectivity index (χ0v) is 76.7. The van der Waals surface area contributed by atoms with Crippen molar-refractivity contribution in [3.63, 3.8) is 0 Å². The third kappa shape index (κ3) is 19.5. The Bertz CT molecular complexity index is 6270. The second kappa shape index (κ2) is 37.3. The van der Waals surface area contributed by atoms with Gasteiger partial charge in [-0.15, -0.1) is 0 Å². The lowest BCUT2D eigenvalue weighted by molar-refractivity contribution is 0.237. The number of anilines is 5. The van der Waals surface area contributed by atoms with Crippen LogP contribution >= 0.6 is 58.0 Å². The van der Waals surface area contributed by atoms with Gasteiger partial charge in [0.2, 0.25) is 28.2 Å². The number of pyridine rings is 1. The minimum absolute atomic E-state index is 0.0530. The van der Waals surface area contributed by atoms with Crippen molar-refractivity contribution in [2.45, 2.75) is 146 Å². The highest BCUT2D eigenvalue weighted by Crippen LogP contribution is 2.44. The molecule has 5 aliphatic heterocycles. The number of aromatic nitrogens is 21. The molecule has 5 N–H and O–H groups in total. The number of benzene rings is 4. The Hall–Kier alpha value is -11.2. The van der Waals surface area contributed by atoms with E-state index in [2.05, 4.69) is 195 Å². The highest BCUT2D eigenvalue weighted by Gasteiger charge is 2.35. The minimum atomic E-state index is -0.487. The van der Waals surface area contributed by atoms with Crippen molar-refractivity contribution < 1.29 is 17.9 Å². The van der Waals surface area contributed by atoms with Crippen molar-refractivity contribution in [3.05, 3.63) is 165 Å². The summed E-state index contributed by atoms with van der Waals surface area (Å²) in [4.78, 5) is 61.5. The Balaban J connectivity index is 0.000000117. The van der Waals surface area contributed by atoms with Gasteiger partial charge in [0.1, 0.15) is 73.4 Å². The maximum absolute atomic E-state index is 14.3. The van der Waals surface area contributed by atoms with E-state index >= 15 is 0 Å². The van der Waals surface area contributed by atoms with E-state index < -0.39 is 17.5 Å². The molecule has 0 bridgehead atoms. The predicted molar refractivity (Wildman–Crippen MR) is 500 cm³/mol. The van der Waals surface area contributed by atoms with Crippen molar-refractivity contribution in [2.75, 3.05) is 97.1 Å². The van der Waals surface area contributed by atoms with E-state index in [4.69, 9.17) is 67.7 Å². The van der Waals surface area contributed by atoms with Gasteiger partial charge in [-0.2, -0.15) is 25.5 Å². The molecule has 4 aromatic carbocycles. The number of nitrogens with one attached hydrogen (secondary N) is 5. The number of methoxy groups -OCH3 is 1. The van der Waals surface area contributed by atoms with Gasteiger partial charge in [-0.25, -0.2) is 68.0 Å². The minimum Gasteiger partial charge on any atom is -0.495 e. The zero-order chi connectivity index (χ0) is 89.3. The van der Waals surface area contributed by atoms with Crippen LogP contribution in [0, 0.1) is 44.5 Å². The first kappa shape index (κ1) is 89.2. The first-order valence-corrected chi connectivity index (χ1v) is 44.9. The predicted octanol–water partition coefficient (Wildman–Crippen LogP) is 22.1. The topological polar surface area (TPSA) is 311 Å². The van der Waals surface area contributed by atoms with Crippen LogP contribution in [-0.2, 0) is 0 Å². The van der Waals surface area contributed by atoms with Crippen LogP contribution < -0.4 is 29.2 Å². The number of rotatable bonds is 13. The maximum Gasteiger partial charge on any atom is 0.202 e. The second-order valence-corrected chi connectivity index (χ2v) is 38.1.